The van der Waals surface area contributed by atoms with E-state index >= 15 is 0 Å². The number of carbonyl (C=O) groups is 1. The molecule has 0 unspecified atom stereocenters. The molecule has 0 aliphatic carbocycles. The van der Waals surface area contributed by atoms with E-state index in [1.807, 2.05) is 7.05 Å². The molecule has 0 aromatic carbocycles. The summed E-state index contributed by atoms with van der Waals surface area (Å²) < 4.78 is 39.9. The van der Waals surface area contributed by atoms with Gasteiger partial charge in [-0.15, -0.1) is 0 Å². The lowest BCUT2D eigenvalue weighted by molar-refractivity contribution is -0.175. The molecule has 0 radical (unpaired) electrons. The fraction of sp³-hybridized carbons (Fsp3) is 0.917. The van der Waals surface area contributed by atoms with Crippen LogP contribution in [0, 0.1) is 5.92 Å². The molecule has 1 rings (SSSR count). The first-order valence-electron chi connectivity index (χ1n) is 6.49. The second kappa shape index (κ2) is 7.69. The molecule has 19 heavy (non-hydrogen) atoms. The minimum atomic E-state index is -4.32. The maximum absolute atomic E-state index is 11.8. The van der Waals surface area contributed by atoms with Crippen molar-refractivity contribution in [2.45, 2.75) is 25.4 Å². The summed E-state index contributed by atoms with van der Waals surface area (Å²) in [7, 11) is 1.90. The zero-order chi connectivity index (χ0) is 14.3. The van der Waals surface area contributed by atoms with Crippen LogP contribution < -0.4 is 5.32 Å². The highest BCUT2D eigenvalue weighted by molar-refractivity contribution is 5.76. The second-order valence-corrected chi connectivity index (χ2v) is 4.80. The maximum atomic E-state index is 11.8. The molecular weight excluding hydrogens is 261 g/mol. The van der Waals surface area contributed by atoms with Crippen LogP contribution in [-0.4, -0.2) is 56.9 Å². The number of hydrogen-bond acceptors (Lipinski definition) is 3. The van der Waals surface area contributed by atoms with Crippen molar-refractivity contribution >= 4 is 5.91 Å². The van der Waals surface area contributed by atoms with Gasteiger partial charge in [0.05, 0.1) is 13.0 Å². The third-order valence-corrected chi connectivity index (χ3v) is 3.19. The molecule has 1 N–H and O–H groups in total. The number of rotatable bonds is 6. The number of nitrogens with one attached hydrogen (secondary N) is 1. The molecule has 1 aliphatic heterocycles. The Morgan fingerprint density at radius 1 is 1.37 bits per heavy atom. The predicted molar refractivity (Wildman–Crippen MR) is 64.7 cm³/mol. The summed E-state index contributed by atoms with van der Waals surface area (Å²) in [6.07, 6.45) is -2.42. The number of ether oxygens (including phenoxy) is 1. The summed E-state index contributed by atoms with van der Waals surface area (Å²) in [6.45, 7) is 0.852. The highest BCUT2D eigenvalue weighted by Crippen LogP contribution is 2.17. The van der Waals surface area contributed by atoms with Gasteiger partial charge in [-0.1, -0.05) is 0 Å². The third-order valence-electron chi connectivity index (χ3n) is 3.19. The van der Waals surface area contributed by atoms with E-state index in [9.17, 15) is 18.0 Å². The molecule has 4 nitrogen and oxygen atoms in total. The summed E-state index contributed by atoms with van der Waals surface area (Å²) in [5.74, 6) is 0.459. The van der Waals surface area contributed by atoms with Crippen LogP contribution in [0.3, 0.4) is 0 Å². The number of halogens is 3. The standard InChI is InChI=1S/C12H21F3N2O2/c1-16-8-10-2-5-17(6-3-10)11(18)4-7-19-9-12(13,14)15/h10,16H,2-9H2,1H3. The maximum Gasteiger partial charge on any atom is 0.411 e. The summed E-state index contributed by atoms with van der Waals surface area (Å²) in [4.78, 5) is 13.4. The summed E-state index contributed by atoms with van der Waals surface area (Å²) in [5, 5.41) is 3.11. The van der Waals surface area contributed by atoms with Gasteiger partial charge in [0, 0.05) is 13.1 Å². The van der Waals surface area contributed by atoms with Crippen molar-refractivity contribution < 1.29 is 22.7 Å². The van der Waals surface area contributed by atoms with E-state index in [0.717, 1.165) is 19.4 Å². The summed E-state index contributed by atoms with van der Waals surface area (Å²) in [6, 6.07) is 0. The topological polar surface area (TPSA) is 41.6 Å². The van der Waals surface area contributed by atoms with Crippen molar-refractivity contribution in [1.29, 1.82) is 0 Å². The van der Waals surface area contributed by atoms with Gasteiger partial charge in [0.15, 0.2) is 0 Å². The Hall–Kier alpha value is -0.820. The van der Waals surface area contributed by atoms with Gasteiger partial charge in [-0.05, 0) is 32.4 Å². The quantitative estimate of drug-likeness (QED) is 0.749. The highest BCUT2D eigenvalue weighted by atomic mass is 19.4. The molecule has 7 heteroatoms. The van der Waals surface area contributed by atoms with Crippen LogP contribution in [0.5, 0.6) is 0 Å². The van der Waals surface area contributed by atoms with Gasteiger partial charge < -0.3 is 15.0 Å². The van der Waals surface area contributed by atoms with E-state index in [-0.39, 0.29) is 18.9 Å². The van der Waals surface area contributed by atoms with E-state index in [1.54, 1.807) is 4.90 Å². The third kappa shape index (κ3) is 6.77. The molecule has 1 aliphatic rings. The van der Waals surface area contributed by atoms with Crippen molar-refractivity contribution in [3.63, 3.8) is 0 Å². The van der Waals surface area contributed by atoms with Crippen molar-refractivity contribution in [3.8, 4) is 0 Å². The van der Waals surface area contributed by atoms with Gasteiger partial charge in [0.2, 0.25) is 5.91 Å². The number of amides is 1. The van der Waals surface area contributed by atoms with Crippen molar-refractivity contribution in [1.82, 2.24) is 10.2 Å². The smallest absolute Gasteiger partial charge is 0.372 e. The molecule has 1 amide bonds. The zero-order valence-electron chi connectivity index (χ0n) is 11.1. The Labute approximate surface area is 111 Å². The Bertz CT molecular complexity index is 277. The molecule has 0 bridgehead atoms. The van der Waals surface area contributed by atoms with Gasteiger partial charge in [0.25, 0.3) is 0 Å². The van der Waals surface area contributed by atoms with Crippen LogP contribution in [0.25, 0.3) is 0 Å². The average Bonchev–Trinajstić information content (AvgIpc) is 2.34. The Morgan fingerprint density at radius 3 is 2.53 bits per heavy atom. The molecule has 0 saturated carbocycles. The largest absolute Gasteiger partial charge is 0.411 e. The molecule has 0 spiro atoms. The van der Waals surface area contributed by atoms with Gasteiger partial charge >= 0.3 is 6.18 Å². The Kier molecular flexibility index (Phi) is 6.57. The van der Waals surface area contributed by atoms with Crippen molar-refractivity contribution in [3.05, 3.63) is 0 Å². The molecular formula is C12H21F3N2O2. The number of piperidine rings is 1. The van der Waals surface area contributed by atoms with E-state index < -0.39 is 12.8 Å². The number of likely N-dealkylation sites (tertiary alicyclic amines) is 1. The molecule has 1 fully saturated rings. The monoisotopic (exact) mass is 282 g/mol. The van der Waals surface area contributed by atoms with E-state index in [1.165, 1.54) is 0 Å². The predicted octanol–water partition coefficient (Wildman–Crippen LogP) is 1.41. The minimum absolute atomic E-state index is 0.0206. The fourth-order valence-electron chi connectivity index (χ4n) is 2.18. The number of nitrogens with zero attached hydrogens (tertiary/aromatic N) is 1. The van der Waals surface area contributed by atoms with Crippen LogP contribution in [0.1, 0.15) is 19.3 Å². The van der Waals surface area contributed by atoms with E-state index in [4.69, 9.17) is 0 Å². The van der Waals surface area contributed by atoms with Crippen LogP contribution in [0.2, 0.25) is 0 Å². The first-order chi connectivity index (χ1) is 8.92. The van der Waals surface area contributed by atoms with Crippen LogP contribution in [0.4, 0.5) is 13.2 Å². The first-order valence-corrected chi connectivity index (χ1v) is 6.49. The van der Waals surface area contributed by atoms with Crippen LogP contribution in [-0.2, 0) is 9.53 Å². The molecule has 112 valence electrons. The molecule has 1 saturated heterocycles. The van der Waals surface area contributed by atoms with Crippen LogP contribution in [0.15, 0.2) is 0 Å². The lowest BCUT2D eigenvalue weighted by Gasteiger charge is -2.32. The van der Waals surface area contributed by atoms with Crippen LogP contribution >= 0.6 is 0 Å². The van der Waals surface area contributed by atoms with Gasteiger partial charge in [-0.2, -0.15) is 13.2 Å². The average molecular weight is 282 g/mol. The number of carbonyl (C=O) groups excluding carboxylic acids is 1. The van der Waals surface area contributed by atoms with Gasteiger partial charge in [-0.3, -0.25) is 4.79 Å². The highest BCUT2D eigenvalue weighted by Gasteiger charge is 2.28. The molecule has 0 atom stereocenters. The zero-order valence-corrected chi connectivity index (χ0v) is 11.1. The first kappa shape index (κ1) is 16.2. The lowest BCUT2D eigenvalue weighted by atomic mass is 9.97. The van der Waals surface area contributed by atoms with Gasteiger partial charge in [0.1, 0.15) is 6.61 Å². The Balaban J connectivity index is 2.14. The van der Waals surface area contributed by atoms with Crippen molar-refractivity contribution in [2.24, 2.45) is 5.92 Å². The molecule has 1 heterocycles. The Morgan fingerprint density at radius 2 is 2.00 bits per heavy atom. The number of alkyl halides is 3. The normalized spacial score (nSPS) is 17.8. The summed E-state index contributed by atoms with van der Waals surface area (Å²) in [5.41, 5.74) is 0. The molecule has 0 aromatic rings. The van der Waals surface area contributed by atoms with Gasteiger partial charge in [-0.25, -0.2) is 0 Å². The molecule has 0 aromatic heterocycles. The number of hydrogen-bond donors (Lipinski definition) is 1. The van der Waals surface area contributed by atoms with Crippen molar-refractivity contribution in [2.75, 3.05) is 39.9 Å². The summed E-state index contributed by atoms with van der Waals surface area (Å²) >= 11 is 0. The SMILES string of the molecule is CNCC1CCN(C(=O)CCOCC(F)(F)F)CC1. The fourth-order valence-corrected chi connectivity index (χ4v) is 2.18. The van der Waals surface area contributed by atoms with E-state index in [2.05, 4.69) is 10.1 Å². The minimum Gasteiger partial charge on any atom is -0.372 e. The second-order valence-electron chi connectivity index (χ2n) is 4.80. The van der Waals surface area contributed by atoms with E-state index in [0.29, 0.717) is 19.0 Å². The lowest BCUT2D eigenvalue weighted by Crippen LogP contribution is -2.40.